The van der Waals surface area contributed by atoms with Gasteiger partial charge in [-0.15, -0.1) is 10.2 Å². The molecule has 0 spiro atoms. The van der Waals surface area contributed by atoms with Gasteiger partial charge in [0.25, 0.3) is 5.89 Å². The van der Waals surface area contributed by atoms with Crippen LogP contribution in [-0.2, 0) is 26.2 Å². The van der Waals surface area contributed by atoms with E-state index in [-0.39, 0.29) is 29.8 Å². The van der Waals surface area contributed by atoms with Gasteiger partial charge in [0.15, 0.2) is 6.61 Å². The monoisotopic (exact) mass is 477 g/mol. The maximum atomic E-state index is 13.0. The van der Waals surface area contributed by atoms with Crippen molar-refractivity contribution < 1.29 is 27.1 Å². The predicted molar refractivity (Wildman–Crippen MR) is 114 cm³/mol. The number of esters is 1. The fraction of sp³-hybridized carbons (Fsp3) is 0.286. The predicted octanol–water partition coefficient (Wildman–Crippen LogP) is 3.30. The molecule has 0 bridgehead atoms. The Hall–Kier alpha value is -2.95. The van der Waals surface area contributed by atoms with Crippen LogP contribution in [0, 0.1) is 0 Å². The molecule has 1 aliphatic heterocycles. The van der Waals surface area contributed by atoms with Crippen molar-refractivity contribution in [2.75, 3.05) is 13.7 Å². The molecule has 9 nitrogen and oxygen atoms in total. The van der Waals surface area contributed by atoms with Crippen LogP contribution in [0.2, 0.25) is 5.02 Å². The smallest absolute Gasteiger partial charge is 0.324 e. The van der Waals surface area contributed by atoms with Crippen LogP contribution in [0.4, 0.5) is 0 Å². The van der Waals surface area contributed by atoms with Crippen molar-refractivity contribution in [3.05, 3.63) is 59.4 Å². The van der Waals surface area contributed by atoms with E-state index < -0.39 is 22.0 Å². The van der Waals surface area contributed by atoms with Gasteiger partial charge in [-0.25, -0.2) is 8.42 Å². The molecule has 2 aromatic carbocycles. The molecule has 1 aliphatic rings. The lowest BCUT2D eigenvalue weighted by molar-refractivity contribution is -0.149. The SMILES string of the molecule is COc1ccc(-c2nnc(COC(=O)[C@@H]3CCCN3S(=O)(=O)c3ccc(Cl)cc3)o2)cc1. The topological polar surface area (TPSA) is 112 Å². The van der Waals surface area contributed by atoms with Crippen molar-refractivity contribution in [1.82, 2.24) is 14.5 Å². The Balaban J connectivity index is 1.41. The fourth-order valence-electron chi connectivity index (χ4n) is 3.40. The Morgan fingerprint density at radius 2 is 1.88 bits per heavy atom. The number of benzene rings is 2. The molecule has 2 heterocycles. The van der Waals surface area contributed by atoms with E-state index in [4.69, 9.17) is 25.5 Å². The zero-order valence-electron chi connectivity index (χ0n) is 17.1. The highest BCUT2D eigenvalue weighted by Gasteiger charge is 2.40. The lowest BCUT2D eigenvalue weighted by atomic mass is 10.2. The Labute approximate surface area is 190 Å². The van der Waals surface area contributed by atoms with E-state index in [1.165, 1.54) is 24.3 Å². The van der Waals surface area contributed by atoms with Crippen LogP contribution in [0.3, 0.4) is 0 Å². The number of hydrogen-bond acceptors (Lipinski definition) is 8. The largest absolute Gasteiger partial charge is 0.497 e. The van der Waals surface area contributed by atoms with Gasteiger partial charge in [0.05, 0.1) is 12.0 Å². The second-order valence-corrected chi connectivity index (χ2v) is 9.39. The van der Waals surface area contributed by atoms with Crippen LogP contribution in [0.15, 0.2) is 57.8 Å². The van der Waals surface area contributed by atoms with Gasteiger partial charge in [-0.3, -0.25) is 4.79 Å². The summed E-state index contributed by atoms with van der Waals surface area (Å²) in [6.07, 6.45) is 0.918. The molecule has 1 saturated heterocycles. The van der Waals surface area contributed by atoms with Crippen molar-refractivity contribution >= 4 is 27.6 Å². The highest BCUT2D eigenvalue weighted by Crippen LogP contribution is 2.28. The zero-order chi connectivity index (χ0) is 22.7. The molecule has 11 heteroatoms. The van der Waals surface area contributed by atoms with Gasteiger partial charge in [0.2, 0.25) is 15.9 Å². The first-order chi connectivity index (χ1) is 15.4. The van der Waals surface area contributed by atoms with E-state index in [1.54, 1.807) is 31.4 Å². The van der Waals surface area contributed by atoms with E-state index in [2.05, 4.69) is 10.2 Å². The minimum atomic E-state index is -3.86. The summed E-state index contributed by atoms with van der Waals surface area (Å²) in [5.74, 6) is 0.405. The van der Waals surface area contributed by atoms with Gasteiger partial charge in [-0.05, 0) is 61.4 Å². The Morgan fingerprint density at radius 3 is 2.56 bits per heavy atom. The van der Waals surface area contributed by atoms with E-state index in [0.717, 1.165) is 4.31 Å². The molecule has 4 rings (SSSR count). The molecule has 168 valence electrons. The van der Waals surface area contributed by atoms with Crippen molar-refractivity contribution in [3.8, 4) is 17.2 Å². The maximum absolute atomic E-state index is 13.0. The van der Waals surface area contributed by atoms with E-state index >= 15 is 0 Å². The second-order valence-electron chi connectivity index (χ2n) is 7.06. The van der Waals surface area contributed by atoms with E-state index in [9.17, 15) is 13.2 Å². The molecular weight excluding hydrogens is 458 g/mol. The maximum Gasteiger partial charge on any atom is 0.324 e. The average Bonchev–Trinajstić information content (AvgIpc) is 3.48. The van der Waals surface area contributed by atoms with Crippen LogP contribution < -0.4 is 4.74 Å². The number of carbonyl (C=O) groups excluding carboxylic acids is 1. The minimum Gasteiger partial charge on any atom is -0.497 e. The number of rotatable bonds is 7. The van der Waals surface area contributed by atoms with Crippen LogP contribution in [-0.4, -0.2) is 48.6 Å². The van der Waals surface area contributed by atoms with Gasteiger partial charge in [0.1, 0.15) is 11.8 Å². The summed E-state index contributed by atoms with van der Waals surface area (Å²) in [4.78, 5) is 12.7. The number of halogens is 1. The van der Waals surface area contributed by atoms with Crippen LogP contribution in [0.1, 0.15) is 18.7 Å². The molecule has 0 amide bonds. The first-order valence-electron chi connectivity index (χ1n) is 9.79. The summed E-state index contributed by atoms with van der Waals surface area (Å²) < 4.78 is 43.0. The minimum absolute atomic E-state index is 0.0719. The highest BCUT2D eigenvalue weighted by molar-refractivity contribution is 7.89. The third kappa shape index (κ3) is 4.62. The Morgan fingerprint density at radius 1 is 1.16 bits per heavy atom. The first kappa shape index (κ1) is 22.3. The van der Waals surface area contributed by atoms with Crippen molar-refractivity contribution in [2.24, 2.45) is 0 Å². The number of aromatic nitrogens is 2. The standard InChI is InChI=1S/C21H20ClN3O6S/c1-29-16-8-4-14(5-9-16)20-24-23-19(31-20)13-30-21(26)18-3-2-12-25(18)32(27,28)17-10-6-15(22)7-11-17/h4-11,18H,2-3,12-13H2,1H3/t18-/m0/s1. The van der Waals surface area contributed by atoms with Crippen LogP contribution in [0.5, 0.6) is 5.75 Å². The molecule has 1 atom stereocenters. The molecule has 1 fully saturated rings. The third-order valence-electron chi connectivity index (χ3n) is 5.04. The number of methoxy groups -OCH3 is 1. The summed E-state index contributed by atoms with van der Waals surface area (Å²) in [5.41, 5.74) is 0.687. The molecule has 1 aromatic heterocycles. The fourth-order valence-corrected chi connectivity index (χ4v) is 5.17. The van der Waals surface area contributed by atoms with E-state index in [1.807, 2.05) is 0 Å². The van der Waals surface area contributed by atoms with Crippen LogP contribution >= 0.6 is 11.6 Å². The Bertz CT molecular complexity index is 1200. The molecule has 0 N–H and O–H groups in total. The Kier molecular flexibility index (Phi) is 6.45. The van der Waals surface area contributed by atoms with Gasteiger partial charge < -0.3 is 13.9 Å². The summed E-state index contributed by atoms with van der Waals surface area (Å²) in [6.45, 7) is -0.0276. The number of ether oxygens (including phenoxy) is 2. The number of hydrogen-bond donors (Lipinski definition) is 0. The lowest BCUT2D eigenvalue weighted by Crippen LogP contribution is -2.41. The highest BCUT2D eigenvalue weighted by atomic mass is 35.5. The summed E-state index contributed by atoms with van der Waals surface area (Å²) >= 11 is 5.85. The van der Waals surface area contributed by atoms with Crippen molar-refractivity contribution in [2.45, 2.75) is 30.4 Å². The molecular formula is C21H20ClN3O6S. The van der Waals surface area contributed by atoms with Gasteiger partial charge >= 0.3 is 5.97 Å². The number of carbonyl (C=O) groups is 1. The summed E-state index contributed by atoms with van der Waals surface area (Å²) in [5, 5.41) is 8.27. The van der Waals surface area contributed by atoms with E-state index in [0.29, 0.717) is 29.2 Å². The molecule has 3 aromatic rings. The third-order valence-corrected chi connectivity index (χ3v) is 7.21. The van der Waals surface area contributed by atoms with Gasteiger partial charge in [-0.2, -0.15) is 4.31 Å². The van der Waals surface area contributed by atoms with Gasteiger partial charge in [-0.1, -0.05) is 11.6 Å². The molecule has 32 heavy (non-hydrogen) atoms. The normalized spacial score (nSPS) is 16.8. The summed E-state index contributed by atoms with van der Waals surface area (Å²) in [7, 11) is -2.29. The second kappa shape index (κ2) is 9.27. The van der Waals surface area contributed by atoms with Gasteiger partial charge in [0, 0.05) is 17.1 Å². The lowest BCUT2D eigenvalue weighted by Gasteiger charge is -2.22. The quantitative estimate of drug-likeness (QED) is 0.476. The van der Waals surface area contributed by atoms with Crippen molar-refractivity contribution in [3.63, 3.8) is 0 Å². The van der Waals surface area contributed by atoms with Crippen LogP contribution in [0.25, 0.3) is 11.5 Å². The zero-order valence-corrected chi connectivity index (χ0v) is 18.7. The molecule has 0 unspecified atom stereocenters. The molecule has 0 aliphatic carbocycles. The molecule has 0 saturated carbocycles. The average molecular weight is 478 g/mol. The number of nitrogens with zero attached hydrogens (tertiary/aromatic N) is 3. The summed E-state index contributed by atoms with van der Waals surface area (Å²) in [6, 6.07) is 11.9. The van der Waals surface area contributed by atoms with Crippen molar-refractivity contribution in [1.29, 1.82) is 0 Å². The molecule has 0 radical (unpaired) electrons. The first-order valence-corrected chi connectivity index (χ1v) is 11.6. The number of sulfonamides is 1.